The van der Waals surface area contributed by atoms with Gasteiger partial charge in [-0.3, -0.25) is 4.79 Å². The summed E-state index contributed by atoms with van der Waals surface area (Å²) < 4.78 is 4.36. The second kappa shape index (κ2) is 4.65. The van der Waals surface area contributed by atoms with E-state index in [2.05, 4.69) is 4.65 Å². The maximum Gasteiger partial charge on any atom is 0.325 e. The zero-order valence-corrected chi connectivity index (χ0v) is 5.02. The van der Waals surface area contributed by atoms with E-state index < -0.39 is 0 Å². The molecule has 0 aromatic rings. The van der Waals surface area contributed by atoms with E-state index >= 15 is 0 Å². The van der Waals surface area contributed by atoms with Gasteiger partial charge >= 0.3 is 8.05 Å². The molecule has 0 spiro atoms. The van der Waals surface area contributed by atoms with Gasteiger partial charge in [0, 0.05) is 6.42 Å². The Hall–Kier alpha value is -0.505. The van der Waals surface area contributed by atoms with Crippen molar-refractivity contribution in [3.8, 4) is 0 Å². The highest BCUT2D eigenvalue weighted by Crippen LogP contribution is 1.86. The minimum absolute atomic E-state index is 0.185. The fraction of sp³-hybridized carbons (Fsp3) is 0.750. The van der Waals surface area contributed by atoms with Crippen molar-refractivity contribution < 1.29 is 9.45 Å². The number of hydrogen-bond acceptors (Lipinski definition) is 3. The molecule has 0 aliphatic rings. The van der Waals surface area contributed by atoms with Crippen LogP contribution in [0, 0.1) is 0 Å². The molecule has 8 heavy (non-hydrogen) atoms. The van der Waals surface area contributed by atoms with Gasteiger partial charge in [0.05, 0.1) is 0 Å². The third-order valence-electron chi connectivity index (χ3n) is 0.813. The Balaban J connectivity index is 2.99. The van der Waals surface area contributed by atoms with Gasteiger partial charge < -0.3 is 10.4 Å². The standard InChI is InChI=1S/C4H10BNO2/c5-8-4(7)2-1-3-6/h1-3,5-6H2. The number of rotatable bonds is 3. The van der Waals surface area contributed by atoms with Crippen LogP contribution in [0.25, 0.3) is 0 Å². The average Bonchev–Trinajstić information content (AvgIpc) is 1.83. The van der Waals surface area contributed by atoms with Gasteiger partial charge in [0.1, 0.15) is 0 Å². The van der Waals surface area contributed by atoms with Crippen molar-refractivity contribution in [1.82, 2.24) is 0 Å². The Kier molecular flexibility index (Phi) is 4.36. The largest absolute Gasteiger partial charge is 0.543 e. The van der Waals surface area contributed by atoms with Crippen molar-refractivity contribution in [2.75, 3.05) is 6.54 Å². The van der Waals surface area contributed by atoms with Gasteiger partial charge in [-0.25, -0.2) is 0 Å². The molecule has 4 heteroatoms. The number of hydrogen-bond donors (Lipinski definition) is 1. The fourth-order valence-corrected chi connectivity index (χ4v) is 0.348. The van der Waals surface area contributed by atoms with Crippen molar-refractivity contribution in [1.29, 1.82) is 0 Å². The topological polar surface area (TPSA) is 52.3 Å². The molecule has 46 valence electrons. The minimum atomic E-state index is -0.185. The molecular formula is C4H10BNO2. The second-order valence-corrected chi connectivity index (χ2v) is 1.47. The summed E-state index contributed by atoms with van der Waals surface area (Å²) in [5.41, 5.74) is 5.12. The van der Waals surface area contributed by atoms with Crippen LogP contribution in [0.2, 0.25) is 0 Å². The van der Waals surface area contributed by atoms with Crippen molar-refractivity contribution >= 4 is 14.0 Å². The summed E-state index contributed by atoms with van der Waals surface area (Å²) in [5, 5.41) is 0. The lowest BCUT2D eigenvalue weighted by Crippen LogP contribution is -2.05. The number of nitrogens with two attached hydrogens (primary N) is 1. The van der Waals surface area contributed by atoms with Crippen LogP contribution in [-0.4, -0.2) is 20.6 Å². The predicted molar refractivity (Wildman–Crippen MR) is 32.9 cm³/mol. The van der Waals surface area contributed by atoms with Gasteiger partial charge in [-0.15, -0.1) is 0 Å². The Morgan fingerprint density at radius 3 is 2.75 bits per heavy atom. The van der Waals surface area contributed by atoms with Crippen LogP contribution < -0.4 is 5.73 Å². The van der Waals surface area contributed by atoms with E-state index in [1.165, 1.54) is 8.05 Å². The summed E-state index contributed by atoms with van der Waals surface area (Å²) in [5.74, 6) is -0.185. The smallest absolute Gasteiger partial charge is 0.325 e. The quantitative estimate of drug-likeness (QED) is 0.471. The van der Waals surface area contributed by atoms with Crippen molar-refractivity contribution in [2.45, 2.75) is 12.8 Å². The molecule has 0 radical (unpaired) electrons. The summed E-state index contributed by atoms with van der Waals surface area (Å²) in [6.07, 6.45) is 1.15. The van der Waals surface area contributed by atoms with Crippen LogP contribution in [0.15, 0.2) is 0 Å². The monoisotopic (exact) mass is 115 g/mol. The first-order chi connectivity index (χ1) is 3.81. The first-order valence-corrected chi connectivity index (χ1v) is 2.58. The molecule has 2 N–H and O–H groups in total. The van der Waals surface area contributed by atoms with Gasteiger partial charge in [-0.1, -0.05) is 0 Å². The summed E-state index contributed by atoms with van der Waals surface area (Å²) in [6.45, 7) is 0.551. The molecule has 0 aromatic heterocycles. The normalized spacial score (nSPS) is 8.62. The van der Waals surface area contributed by atoms with Gasteiger partial charge in [-0.2, -0.15) is 0 Å². The SMILES string of the molecule is BOC(=O)CCCN. The van der Waals surface area contributed by atoms with Crippen molar-refractivity contribution in [2.24, 2.45) is 5.73 Å². The van der Waals surface area contributed by atoms with E-state index in [0.717, 1.165) is 0 Å². The van der Waals surface area contributed by atoms with Crippen LogP contribution in [0.5, 0.6) is 0 Å². The van der Waals surface area contributed by atoms with E-state index in [1.54, 1.807) is 0 Å². The first kappa shape index (κ1) is 7.49. The third kappa shape index (κ3) is 3.68. The van der Waals surface area contributed by atoms with Crippen LogP contribution >= 0.6 is 0 Å². The summed E-state index contributed by atoms with van der Waals surface area (Å²) in [6, 6.07) is 0. The highest BCUT2D eigenvalue weighted by molar-refractivity contribution is 6.05. The molecule has 0 rings (SSSR count). The maximum atomic E-state index is 10.3. The zero-order valence-electron chi connectivity index (χ0n) is 5.02. The van der Waals surface area contributed by atoms with E-state index in [4.69, 9.17) is 5.73 Å². The lowest BCUT2D eigenvalue weighted by atomic mass is 10.3. The predicted octanol–water partition coefficient (Wildman–Crippen LogP) is -1.18. The Labute approximate surface area is 49.6 Å². The summed E-state index contributed by atoms with van der Waals surface area (Å²) in [4.78, 5) is 10.3. The van der Waals surface area contributed by atoms with Gasteiger partial charge in [-0.05, 0) is 13.0 Å². The molecule has 0 atom stereocenters. The van der Waals surface area contributed by atoms with Crippen molar-refractivity contribution in [3.63, 3.8) is 0 Å². The first-order valence-electron chi connectivity index (χ1n) is 2.58. The molecule has 0 aromatic carbocycles. The van der Waals surface area contributed by atoms with Crippen LogP contribution in [0.3, 0.4) is 0 Å². The molecule has 0 aliphatic carbocycles. The zero-order chi connectivity index (χ0) is 6.41. The fourth-order valence-electron chi connectivity index (χ4n) is 0.348. The van der Waals surface area contributed by atoms with Crippen LogP contribution in [-0.2, 0) is 9.45 Å². The van der Waals surface area contributed by atoms with E-state index in [1.807, 2.05) is 0 Å². The molecule has 0 saturated carbocycles. The maximum absolute atomic E-state index is 10.3. The van der Waals surface area contributed by atoms with E-state index in [9.17, 15) is 4.79 Å². The molecule has 3 nitrogen and oxygen atoms in total. The Morgan fingerprint density at radius 2 is 2.38 bits per heavy atom. The lowest BCUT2D eigenvalue weighted by Gasteiger charge is -1.94. The third-order valence-corrected chi connectivity index (χ3v) is 0.813. The van der Waals surface area contributed by atoms with Gasteiger partial charge in [0.2, 0.25) is 0 Å². The summed E-state index contributed by atoms with van der Waals surface area (Å²) >= 11 is 0. The van der Waals surface area contributed by atoms with Crippen molar-refractivity contribution in [3.05, 3.63) is 0 Å². The molecule has 0 unspecified atom stereocenters. The molecule has 0 saturated heterocycles. The van der Waals surface area contributed by atoms with E-state index in [-0.39, 0.29) is 5.97 Å². The lowest BCUT2D eigenvalue weighted by molar-refractivity contribution is -0.134. The minimum Gasteiger partial charge on any atom is -0.543 e. The number of carbonyl (C=O) groups is 1. The van der Waals surface area contributed by atoms with Crippen LogP contribution in [0.1, 0.15) is 12.8 Å². The second-order valence-electron chi connectivity index (χ2n) is 1.47. The number of carbonyl (C=O) groups excluding carboxylic acids is 1. The molecule has 0 amide bonds. The van der Waals surface area contributed by atoms with E-state index in [0.29, 0.717) is 19.4 Å². The molecule has 0 aliphatic heterocycles. The average molecular weight is 115 g/mol. The van der Waals surface area contributed by atoms with Gasteiger partial charge in [0.25, 0.3) is 5.97 Å². The highest BCUT2D eigenvalue weighted by Gasteiger charge is 1.94. The van der Waals surface area contributed by atoms with Crippen LogP contribution in [0.4, 0.5) is 0 Å². The molecular weight excluding hydrogens is 105 g/mol. The van der Waals surface area contributed by atoms with Gasteiger partial charge in [0.15, 0.2) is 0 Å². The molecule has 0 bridgehead atoms. The molecule has 0 heterocycles. The highest BCUT2D eigenvalue weighted by atomic mass is 16.5. The summed E-state index contributed by atoms with van der Waals surface area (Å²) in [7, 11) is 1.37. The Morgan fingerprint density at radius 1 is 1.75 bits per heavy atom. The molecule has 0 fully saturated rings. The Bertz CT molecular complexity index is 76.4.